The highest BCUT2D eigenvalue weighted by atomic mass is 16.6. The van der Waals surface area contributed by atoms with Gasteiger partial charge in [-0.3, -0.25) is 20.0 Å². The number of ether oxygens (including phenoxy) is 1. The maximum atomic E-state index is 13.0. The summed E-state index contributed by atoms with van der Waals surface area (Å²) in [6.45, 7) is 14.4. The number of allylic oxidation sites excluding steroid dienone is 1. The highest BCUT2D eigenvalue weighted by molar-refractivity contribution is 5.85. The van der Waals surface area contributed by atoms with Crippen LogP contribution in [0.4, 0.5) is 0 Å². The fraction of sp³-hybridized carbons (Fsp3) is 0.625. The van der Waals surface area contributed by atoms with Crippen LogP contribution in [0.5, 0.6) is 0 Å². The summed E-state index contributed by atoms with van der Waals surface area (Å²) in [6.07, 6.45) is 8.33. The first-order valence-corrected chi connectivity index (χ1v) is 10.8. The molecule has 0 aliphatic rings. The number of carbonyl (C=O) groups is 2. The van der Waals surface area contributed by atoms with Crippen LogP contribution in [0.15, 0.2) is 30.6 Å². The molecular weight excluding hydrogens is 378 g/mol. The van der Waals surface area contributed by atoms with Gasteiger partial charge in [0.2, 0.25) is 5.91 Å². The molecule has 0 aromatic carbocycles. The molecule has 168 valence electrons. The highest BCUT2D eigenvalue weighted by Crippen LogP contribution is 2.28. The zero-order chi connectivity index (χ0) is 22.7. The fourth-order valence-corrected chi connectivity index (χ4v) is 3.02. The van der Waals surface area contributed by atoms with Gasteiger partial charge < -0.3 is 4.74 Å². The van der Waals surface area contributed by atoms with E-state index in [2.05, 4.69) is 43.5 Å². The van der Waals surface area contributed by atoms with Crippen LogP contribution in [-0.4, -0.2) is 29.0 Å². The first-order chi connectivity index (χ1) is 14.0. The molecule has 0 spiro atoms. The van der Waals surface area contributed by atoms with E-state index in [9.17, 15) is 9.59 Å². The first kappa shape index (κ1) is 25.8. The van der Waals surface area contributed by atoms with Crippen LogP contribution in [0, 0.1) is 23.7 Å². The molecule has 6 heteroatoms. The zero-order valence-corrected chi connectivity index (χ0v) is 19.6. The summed E-state index contributed by atoms with van der Waals surface area (Å²) >= 11 is 0. The van der Waals surface area contributed by atoms with Gasteiger partial charge in [0.05, 0.1) is 11.8 Å². The monoisotopic (exact) mass is 417 g/mol. The lowest BCUT2D eigenvalue weighted by molar-refractivity contribution is -0.164. The maximum absolute atomic E-state index is 13.0. The van der Waals surface area contributed by atoms with Crippen molar-refractivity contribution in [2.45, 2.75) is 66.9 Å². The SMILES string of the molecule is CC(C)CNNC(=O)[C@H](CC(C)C)[C@H](CC=Cc1cccnc1)C(=O)OC(C)(C)C. The van der Waals surface area contributed by atoms with E-state index < -0.39 is 17.4 Å². The van der Waals surface area contributed by atoms with Crippen LogP contribution in [0.1, 0.15) is 66.9 Å². The van der Waals surface area contributed by atoms with Crippen molar-refractivity contribution in [3.63, 3.8) is 0 Å². The van der Waals surface area contributed by atoms with Crippen molar-refractivity contribution >= 4 is 18.0 Å². The number of aromatic nitrogens is 1. The van der Waals surface area contributed by atoms with Gasteiger partial charge in [-0.15, -0.1) is 0 Å². The van der Waals surface area contributed by atoms with Crippen molar-refractivity contribution in [2.24, 2.45) is 23.7 Å². The predicted octanol–water partition coefficient (Wildman–Crippen LogP) is 4.38. The topological polar surface area (TPSA) is 80.3 Å². The molecule has 2 N–H and O–H groups in total. The molecule has 1 aromatic heterocycles. The summed E-state index contributed by atoms with van der Waals surface area (Å²) in [5.74, 6) is -0.910. The predicted molar refractivity (Wildman–Crippen MR) is 121 cm³/mol. The Kier molecular flexibility index (Phi) is 10.7. The van der Waals surface area contributed by atoms with Crippen LogP contribution >= 0.6 is 0 Å². The number of amides is 1. The fourth-order valence-electron chi connectivity index (χ4n) is 3.02. The van der Waals surface area contributed by atoms with Crippen LogP contribution in [0.25, 0.3) is 6.08 Å². The number of nitrogens with zero attached hydrogens (tertiary/aromatic N) is 1. The third kappa shape index (κ3) is 10.5. The summed E-state index contributed by atoms with van der Waals surface area (Å²) < 4.78 is 5.67. The van der Waals surface area contributed by atoms with Crippen molar-refractivity contribution in [1.82, 2.24) is 15.8 Å². The van der Waals surface area contributed by atoms with Crippen LogP contribution in [0.3, 0.4) is 0 Å². The van der Waals surface area contributed by atoms with Gasteiger partial charge in [-0.25, -0.2) is 5.43 Å². The quantitative estimate of drug-likeness (QED) is 0.412. The molecular formula is C24H39N3O3. The van der Waals surface area contributed by atoms with E-state index in [0.717, 1.165) is 5.56 Å². The van der Waals surface area contributed by atoms with Gasteiger partial charge in [0, 0.05) is 18.9 Å². The van der Waals surface area contributed by atoms with E-state index in [1.54, 1.807) is 12.4 Å². The maximum Gasteiger partial charge on any atom is 0.310 e. The van der Waals surface area contributed by atoms with Crippen molar-refractivity contribution in [2.75, 3.05) is 6.54 Å². The third-order valence-electron chi connectivity index (χ3n) is 4.36. The number of nitrogens with one attached hydrogen (secondary N) is 2. The lowest BCUT2D eigenvalue weighted by Gasteiger charge is -2.29. The molecule has 0 fully saturated rings. The largest absolute Gasteiger partial charge is 0.460 e. The van der Waals surface area contributed by atoms with E-state index in [-0.39, 0.29) is 17.8 Å². The van der Waals surface area contributed by atoms with Crippen molar-refractivity contribution in [1.29, 1.82) is 0 Å². The Morgan fingerprint density at radius 1 is 1.13 bits per heavy atom. The van der Waals surface area contributed by atoms with E-state index in [1.807, 2.05) is 45.1 Å². The summed E-state index contributed by atoms with van der Waals surface area (Å²) in [5.41, 5.74) is 6.11. The number of carbonyl (C=O) groups excluding carboxylic acids is 2. The molecule has 1 rings (SSSR count). The average Bonchev–Trinajstić information content (AvgIpc) is 2.62. The van der Waals surface area contributed by atoms with Gasteiger partial charge in [0.1, 0.15) is 5.60 Å². The third-order valence-corrected chi connectivity index (χ3v) is 4.36. The number of hydrogen-bond donors (Lipinski definition) is 2. The zero-order valence-electron chi connectivity index (χ0n) is 19.6. The first-order valence-electron chi connectivity index (χ1n) is 10.8. The molecule has 6 nitrogen and oxygen atoms in total. The number of pyridine rings is 1. The second kappa shape index (κ2) is 12.5. The second-order valence-electron chi connectivity index (χ2n) is 9.56. The lowest BCUT2D eigenvalue weighted by atomic mass is 9.82. The van der Waals surface area contributed by atoms with Gasteiger partial charge in [-0.1, -0.05) is 45.9 Å². The van der Waals surface area contributed by atoms with Crippen molar-refractivity contribution < 1.29 is 14.3 Å². The van der Waals surface area contributed by atoms with Crippen molar-refractivity contribution in [3.05, 3.63) is 36.2 Å². The Balaban J connectivity index is 3.05. The summed E-state index contributed by atoms with van der Waals surface area (Å²) in [4.78, 5) is 30.1. The van der Waals surface area contributed by atoms with Gasteiger partial charge in [-0.05, 0) is 57.1 Å². The Morgan fingerprint density at radius 3 is 2.37 bits per heavy atom. The number of hydrazine groups is 1. The molecule has 1 aromatic rings. The molecule has 1 amide bonds. The summed E-state index contributed by atoms with van der Waals surface area (Å²) in [5, 5.41) is 0. The molecule has 2 atom stereocenters. The Labute approximate surface area is 181 Å². The number of esters is 1. The second-order valence-corrected chi connectivity index (χ2v) is 9.56. The van der Waals surface area contributed by atoms with E-state index in [0.29, 0.717) is 25.3 Å². The van der Waals surface area contributed by atoms with Gasteiger partial charge in [0.15, 0.2) is 0 Å². The van der Waals surface area contributed by atoms with Crippen LogP contribution < -0.4 is 10.9 Å². The van der Waals surface area contributed by atoms with E-state index in [4.69, 9.17) is 4.74 Å². The molecule has 0 saturated heterocycles. The van der Waals surface area contributed by atoms with Crippen LogP contribution in [-0.2, 0) is 14.3 Å². The standard InChI is InChI=1S/C24H39N3O3/c1-17(2)14-21(22(28)27-26-15-18(3)4)20(23(29)30-24(5,6)7)12-8-10-19-11-9-13-25-16-19/h8-11,13,16-18,20-21,26H,12,14-15H2,1-7H3,(H,27,28)/t20-,21+/m0/s1. The lowest BCUT2D eigenvalue weighted by Crippen LogP contribution is -2.47. The minimum absolute atomic E-state index is 0.171. The molecule has 0 aliphatic heterocycles. The Morgan fingerprint density at radius 2 is 1.83 bits per heavy atom. The molecule has 0 saturated carbocycles. The molecule has 0 radical (unpaired) electrons. The van der Waals surface area contributed by atoms with Gasteiger partial charge >= 0.3 is 5.97 Å². The smallest absolute Gasteiger partial charge is 0.310 e. The number of hydrogen-bond acceptors (Lipinski definition) is 5. The molecule has 1 heterocycles. The van der Waals surface area contributed by atoms with E-state index in [1.165, 1.54) is 0 Å². The minimum atomic E-state index is -0.614. The summed E-state index contributed by atoms with van der Waals surface area (Å²) in [7, 11) is 0. The minimum Gasteiger partial charge on any atom is -0.460 e. The van der Waals surface area contributed by atoms with Gasteiger partial charge in [-0.2, -0.15) is 0 Å². The van der Waals surface area contributed by atoms with Gasteiger partial charge in [0.25, 0.3) is 0 Å². The molecule has 0 bridgehead atoms. The van der Waals surface area contributed by atoms with Crippen LogP contribution in [0.2, 0.25) is 0 Å². The Bertz CT molecular complexity index is 679. The Hall–Kier alpha value is -2.21. The van der Waals surface area contributed by atoms with Crippen molar-refractivity contribution in [3.8, 4) is 0 Å². The summed E-state index contributed by atoms with van der Waals surface area (Å²) in [6, 6.07) is 3.81. The molecule has 30 heavy (non-hydrogen) atoms. The normalized spacial score (nSPS) is 14.2. The highest BCUT2D eigenvalue weighted by Gasteiger charge is 2.36. The molecule has 0 aliphatic carbocycles. The molecule has 0 unspecified atom stereocenters. The average molecular weight is 418 g/mol. The number of rotatable bonds is 11. The van der Waals surface area contributed by atoms with E-state index >= 15 is 0 Å².